The highest BCUT2D eigenvalue weighted by atomic mass is 19.1. The summed E-state index contributed by atoms with van der Waals surface area (Å²) < 4.78 is 11.8. The Kier molecular flexibility index (Phi) is 10.3. The van der Waals surface area contributed by atoms with Crippen molar-refractivity contribution in [3.05, 3.63) is 0 Å². The van der Waals surface area contributed by atoms with Gasteiger partial charge in [-0.1, -0.05) is 13.8 Å². The number of nitrogens with one attached hydrogen (secondary N) is 1. The molecule has 0 spiro atoms. The van der Waals surface area contributed by atoms with Crippen molar-refractivity contribution in [2.45, 2.75) is 46.1 Å². The van der Waals surface area contributed by atoms with E-state index in [2.05, 4.69) is 31.0 Å². The fourth-order valence-corrected chi connectivity index (χ4v) is 1.68. The fourth-order valence-electron chi connectivity index (χ4n) is 1.68. The van der Waals surface area contributed by atoms with Crippen LogP contribution in [0.4, 0.5) is 4.39 Å². The molecule has 2 nitrogen and oxygen atoms in total. The molecule has 0 aromatic rings. The lowest BCUT2D eigenvalue weighted by molar-refractivity contribution is 0.290. The van der Waals surface area contributed by atoms with Gasteiger partial charge in [-0.2, -0.15) is 0 Å². The summed E-state index contributed by atoms with van der Waals surface area (Å²) in [7, 11) is 0. The van der Waals surface area contributed by atoms with Gasteiger partial charge in [0.2, 0.25) is 0 Å². The molecular weight excluding hydrogens is 191 g/mol. The Labute approximate surface area is 94.2 Å². The van der Waals surface area contributed by atoms with Crippen LogP contribution in [0.3, 0.4) is 0 Å². The predicted octanol–water partition coefficient (Wildman–Crippen LogP) is 2.45. The van der Waals surface area contributed by atoms with Crippen LogP contribution in [0.15, 0.2) is 0 Å². The lowest BCUT2D eigenvalue weighted by Gasteiger charge is -2.19. The summed E-state index contributed by atoms with van der Waals surface area (Å²) in [5.41, 5.74) is 0. The number of hydrogen-bond acceptors (Lipinski definition) is 2. The zero-order valence-electron chi connectivity index (χ0n) is 10.6. The molecule has 15 heavy (non-hydrogen) atoms. The number of rotatable bonds is 10. The third-order valence-corrected chi connectivity index (χ3v) is 2.81. The van der Waals surface area contributed by atoms with Crippen molar-refractivity contribution in [1.82, 2.24) is 10.2 Å². The van der Waals surface area contributed by atoms with E-state index in [9.17, 15) is 4.39 Å². The Morgan fingerprint density at radius 3 is 2.40 bits per heavy atom. The van der Waals surface area contributed by atoms with Gasteiger partial charge in [0.25, 0.3) is 0 Å². The van der Waals surface area contributed by atoms with Gasteiger partial charge in [0.15, 0.2) is 0 Å². The van der Waals surface area contributed by atoms with Gasteiger partial charge in [0.1, 0.15) is 0 Å². The van der Waals surface area contributed by atoms with E-state index in [1.165, 1.54) is 19.4 Å². The van der Waals surface area contributed by atoms with Crippen molar-refractivity contribution in [2.24, 2.45) is 0 Å². The summed E-state index contributed by atoms with van der Waals surface area (Å²) in [6, 6.07) is 0.520. The first-order valence-electron chi connectivity index (χ1n) is 6.26. The van der Waals surface area contributed by atoms with Crippen LogP contribution < -0.4 is 5.32 Å². The lowest BCUT2D eigenvalue weighted by Crippen LogP contribution is -2.29. The molecule has 0 aromatic heterocycles. The average molecular weight is 218 g/mol. The van der Waals surface area contributed by atoms with Gasteiger partial charge < -0.3 is 10.2 Å². The maximum Gasteiger partial charge on any atom is 0.0906 e. The smallest absolute Gasteiger partial charge is 0.0906 e. The van der Waals surface area contributed by atoms with Crippen LogP contribution in [-0.4, -0.2) is 43.8 Å². The molecule has 0 saturated heterocycles. The van der Waals surface area contributed by atoms with E-state index in [4.69, 9.17) is 0 Å². The van der Waals surface area contributed by atoms with E-state index in [0.717, 1.165) is 19.6 Å². The molecule has 1 atom stereocenters. The quantitative estimate of drug-likeness (QED) is 0.567. The van der Waals surface area contributed by atoms with Crippen molar-refractivity contribution in [2.75, 3.05) is 32.9 Å². The van der Waals surface area contributed by atoms with E-state index >= 15 is 0 Å². The largest absolute Gasteiger partial charge is 0.314 e. The minimum atomic E-state index is -0.209. The van der Waals surface area contributed by atoms with Crippen LogP contribution in [0.25, 0.3) is 0 Å². The second-order valence-electron chi connectivity index (χ2n) is 4.07. The minimum absolute atomic E-state index is 0.209. The molecule has 0 saturated carbocycles. The first-order valence-corrected chi connectivity index (χ1v) is 6.26. The van der Waals surface area contributed by atoms with E-state index in [-0.39, 0.29) is 6.67 Å². The topological polar surface area (TPSA) is 15.3 Å². The summed E-state index contributed by atoms with van der Waals surface area (Å²) in [5.74, 6) is 0. The first kappa shape index (κ1) is 14.8. The molecule has 0 aliphatic heterocycles. The summed E-state index contributed by atoms with van der Waals surface area (Å²) in [6.45, 7) is 10.6. The van der Waals surface area contributed by atoms with E-state index < -0.39 is 0 Å². The highest BCUT2D eigenvalue weighted by Crippen LogP contribution is 1.99. The number of halogens is 1. The van der Waals surface area contributed by atoms with Gasteiger partial charge in [0.05, 0.1) is 6.67 Å². The Bertz CT molecular complexity index is 127. The van der Waals surface area contributed by atoms with Crippen LogP contribution in [0.2, 0.25) is 0 Å². The molecule has 1 N–H and O–H groups in total. The zero-order valence-corrected chi connectivity index (χ0v) is 10.6. The molecule has 1 unspecified atom stereocenters. The van der Waals surface area contributed by atoms with Gasteiger partial charge >= 0.3 is 0 Å². The summed E-state index contributed by atoms with van der Waals surface area (Å²) >= 11 is 0. The number of hydrogen-bond donors (Lipinski definition) is 1. The molecular formula is C12H27FN2. The molecule has 0 rings (SSSR count). The summed E-state index contributed by atoms with van der Waals surface area (Å²) in [4.78, 5) is 2.44. The molecule has 0 radical (unpaired) electrons. The molecule has 0 amide bonds. The van der Waals surface area contributed by atoms with E-state index in [1.54, 1.807) is 0 Å². The van der Waals surface area contributed by atoms with Crippen molar-refractivity contribution < 1.29 is 4.39 Å². The third-order valence-electron chi connectivity index (χ3n) is 2.81. The normalized spacial score (nSPS) is 13.4. The first-order chi connectivity index (χ1) is 7.24. The third kappa shape index (κ3) is 8.82. The second kappa shape index (κ2) is 10.4. The van der Waals surface area contributed by atoms with Gasteiger partial charge in [-0.05, 0) is 52.4 Å². The van der Waals surface area contributed by atoms with E-state index in [1.807, 2.05) is 0 Å². The molecule has 0 aliphatic carbocycles. The van der Waals surface area contributed by atoms with Crippen molar-refractivity contribution >= 4 is 0 Å². The Morgan fingerprint density at radius 1 is 1.20 bits per heavy atom. The molecule has 92 valence electrons. The maximum absolute atomic E-state index is 11.8. The number of nitrogens with zero attached hydrogens (tertiary/aromatic N) is 1. The standard InChI is InChI=1S/C12H27FN2/c1-4-15(5-2)11-6-8-12(3)14-10-7-9-13/h12,14H,4-11H2,1-3H3. The van der Waals surface area contributed by atoms with Gasteiger partial charge in [0, 0.05) is 6.04 Å². The molecule has 0 bridgehead atoms. The molecule has 0 heterocycles. The van der Waals surface area contributed by atoms with Crippen molar-refractivity contribution in [3.8, 4) is 0 Å². The monoisotopic (exact) mass is 218 g/mol. The van der Waals surface area contributed by atoms with Gasteiger partial charge in [-0.3, -0.25) is 4.39 Å². The van der Waals surface area contributed by atoms with Gasteiger partial charge in [-0.15, -0.1) is 0 Å². The second-order valence-corrected chi connectivity index (χ2v) is 4.07. The minimum Gasteiger partial charge on any atom is -0.314 e. The Hall–Kier alpha value is -0.150. The average Bonchev–Trinajstić information content (AvgIpc) is 2.25. The SMILES string of the molecule is CCN(CC)CCCC(C)NCCCF. The number of alkyl halides is 1. The Balaban J connectivity index is 3.33. The summed E-state index contributed by atoms with van der Waals surface area (Å²) in [5, 5.41) is 3.33. The lowest BCUT2D eigenvalue weighted by atomic mass is 10.1. The summed E-state index contributed by atoms with van der Waals surface area (Å²) in [6.07, 6.45) is 3.05. The Morgan fingerprint density at radius 2 is 1.87 bits per heavy atom. The highest BCUT2D eigenvalue weighted by molar-refractivity contribution is 4.62. The van der Waals surface area contributed by atoms with Crippen molar-refractivity contribution in [1.29, 1.82) is 0 Å². The van der Waals surface area contributed by atoms with Crippen molar-refractivity contribution in [3.63, 3.8) is 0 Å². The highest BCUT2D eigenvalue weighted by Gasteiger charge is 2.02. The van der Waals surface area contributed by atoms with Crippen LogP contribution in [-0.2, 0) is 0 Å². The van der Waals surface area contributed by atoms with E-state index in [0.29, 0.717) is 12.5 Å². The van der Waals surface area contributed by atoms with Crippen LogP contribution >= 0.6 is 0 Å². The predicted molar refractivity (Wildman–Crippen MR) is 65.1 cm³/mol. The van der Waals surface area contributed by atoms with Crippen LogP contribution in [0.1, 0.15) is 40.0 Å². The molecule has 0 fully saturated rings. The van der Waals surface area contributed by atoms with Crippen LogP contribution in [0.5, 0.6) is 0 Å². The van der Waals surface area contributed by atoms with Gasteiger partial charge in [-0.25, -0.2) is 0 Å². The molecule has 0 aromatic carbocycles. The zero-order chi connectivity index (χ0) is 11.5. The maximum atomic E-state index is 11.8. The van der Waals surface area contributed by atoms with Crippen LogP contribution in [0, 0.1) is 0 Å². The molecule has 0 aliphatic rings. The molecule has 3 heteroatoms. The fraction of sp³-hybridized carbons (Fsp3) is 1.00.